The first-order valence-electron chi connectivity index (χ1n) is 11.2. The van der Waals surface area contributed by atoms with Gasteiger partial charge in [0.05, 0.1) is 17.5 Å². The van der Waals surface area contributed by atoms with Crippen LogP contribution in [0.25, 0.3) is 0 Å². The van der Waals surface area contributed by atoms with Crippen LogP contribution in [0.4, 0.5) is 15.6 Å². The molecule has 0 unspecified atom stereocenters. The van der Waals surface area contributed by atoms with E-state index in [2.05, 4.69) is 14.6 Å². The zero-order valence-electron chi connectivity index (χ0n) is 19.2. The summed E-state index contributed by atoms with van der Waals surface area (Å²) in [5, 5.41) is 1.99. The van der Waals surface area contributed by atoms with Crippen LogP contribution in [0, 0.1) is 5.92 Å². The lowest BCUT2D eigenvalue weighted by atomic mass is 10.2. The molecule has 1 atom stereocenters. The summed E-state index contributed by atoms with van der Waals surface area (Å²) < 4.78 is 32.8. The second-order valence-corrected chi connectivity index (χ2v) is 11.3. The van der Waals surface area contributed by atoms with Gasteiger partial charge in [0.25, 0.3) is 10.0 Å². The van der Waals surface area contributed by atoms with E-state index in [1.165, 1.54) is 29.7 Å². The molecule has 0 radical (unpaired) electrons. The Morgan fingerprint density at radius 1 is 1.18 bits per heavy atom. The zero-order chi connectivity index (χ0) is 24.3. The van der Waals surface area contributed by atoms with Gasteiger partial charge in [0.2, 0.25) is 5.91 Å². The van der Waals surface area contributed by atoms with Gasteiger partial charge in [-0.05, 0) is 36.6 Å². The van der Waals surface area contributed by atoms with Crippen LogP contribution in [0.3, 0.4) is 0 Å². The molecule has 12 heteroatoms. The molecule has 3 heterocycles. The van der Waals surface area contributed by atoms with Crippen LogP contribution in [0.1, 0.15) is 20.3 Å². The summed E-state index contributed by atoms with van der Waals surface area (Å²) in [6.07, 6.45) is 1.91. The quantitative estimate of drug-likeness (QED) is 0.613. The van der Waals surface area contributed by atoms with Gasteiger partial charge in [0.1, 0.15) is 0 Å². The number of carbonyl (C=O) groups is 2. The SMILES string of the molecule is CC(C)COC(=O)N1CCN([C@H]2CCN(c3ccc(S(=O)(=O)Nc4nccs4)cc3)C2=O)CC1. The summed E-state index contributed by atoms with van der Waals surface area (Å²) in [5.74, 6) is 0.281. The van der Waals surface area contributed by atoms with E-state index in [0.717, 1.165) is 0 Å². The van der Waals surface area contributed by atoms with Crippen LogP contribution in [0.2, 0.25) is 0 Å². The summed E-state index contributed by atoms with van der Waals surface area (Å²) in [6, 6.07) is 6.04. The van der Waals surface area contributed by atoms with Crippen molar-refractivity contribution >= 4 is 44.2 Å². The second-order valence-electron chi connectivity index (χ2n) is 8.72. The molecular weight excluding hydrogens is 478 g/mol. The maximum absolute atomic E-state index is 13.1. The number of rotatable bonds is 7. The molecule has 1 aromatic carbocycles. The lowest BCUT2D eigenvalue weighted by Crippen LogP contribution is -2.54. The molecule has 0 spiro atoms. The van der Waals surface area contributed by atoms with E-state index in [-0.39, 0.29) is 28.9 Å². The molecular formula is C22H29N5O5S2. The van der Waals surface area contributed by atoms with Crippen molar-refractivity contribution in [3.63, 3.8) is 0 Å². The highest BCUT2D eigenvalue weighted by molar-refractivity contribution is 7.93. The lowest BCUT2D eigenvalue weighted by molar-refractivity contribution is -0.122. The number of hydrogen-bond acceptors (Lipinski definition) is 8. The minimum Gasteiger partial charge on any atom is -0.449 e. The molecule has 34 heavy (non-hydrogen) atoms. The Bertz CT molecular complexity index is 1100. The van der Waals surface area contributed by atoms with Crippen LogP contribution in [0.15, 0.2) is 40.7 Å². The van der Waals surface area contributed by atoms with Crippen LogP contribution in [0.5, 0.6) is 0 Å². The standard InChI is InChI=1S/C22H29N5O5S2/c1-16(2)15-32-22(29)26-12-10-25(11-13-26)19-7-9-27(20(19)28)17-3-5-18(6-4-17)34(30,31)24-21-23-8-14-33-21/h3-6,8,14,16,19H,7,9-13,15H2,1-2H3,(H,23,24)/t19-/m0/s1. The molecule has 0 bridgehead atoms. The highest BCUT2D eigenvalue weighted by atomic mass is 32.2. The third-order valence-corrected chi connectivity index (χ3v) is 8.02. The van der Waals surface area contributed by atoms with Crippen LogP contribution < -0.4 is 9.62 Å². The van der Waals surface area contributed by atoms with Gasteiger partial charge in [0, 0.05) is 50.0 Å². The van der Waals surface area contributed by atoms with Crippen molar-refractivity contribution in [1.82, 2.24) is 14.8 Å². The van der Waals surface area contributed by atoms with E-state index < -0.39 is 10.0 Å². The number of hydrogen-bond donors (Lipinski definition) is 1. The summed E-state index contributed by atoms with van der Waals surface area (Å²) in [5.41, 5.74) is 0.664. The Kier molecular flexibility index (Phi) is 7.39. The van der Waals surface area contributed by atoms with Gasteiger partial charge in [-0.25, -0.2) is 18.2 Å². The molecule has 4 rings (SSSR count). The molecule has 10 nitrogen and oxygen atoms in total. The molecule has 0 aliphatic carbocycles. The van der Waals surface area contributed by atoms with E-state index in [4.69, 9.17) is 4.74 Å². The van der Waals surface area contributed by atoms with Crippen LogP contribution in [-0.2, 0) is 19.6 Å². The topological polar surface area (TPSA) is 112 Å². The van der Waals surface area contributed by atoms with Crippen molar-refractivity contribution in [1.29, 1.82) is 0 Å². The van der Waals surface area contributed by atoms with Gasteiger partial charge < -0.3 is 14.5 Å². The Morgan fingerprint density at radius 2 is 1.88 bits per heavy atom. The molecule has 2 saturated heterocycles. The van der Waals surface area contributed by atoms with Crippen molar-refractivity contribution in [2.45, 2.75) is 31.2 Å². The highest BCUT2D eigenvalue weighted by Crippen LogP contribution is 2.27. The molecule has 2 aromatic rings. The van der Waals surface area contributed by atoms with Crippen molar-refractivity contribution in [3.05, 3.63) is 35.8 Å². The Morgan fingerprint density at radius 3 is 2.50 bits per heavy atom. The average Bonchev–Trinajstić information content (AvgIpc) is 3.47. The Labute approximate surface area is 203 Å². The number of carbonyl (C=O) groups excluding carboxylic acids is 2. The number of anilines is 2. The summed E-state index contributed by atoms with van der Waals surface area (Å²) in [4.78, 5) is 34.9. The number of aromatic nitrogens is 1. The minimum absolute atomic E-state index is 0.00708. The Balaban J connectivity index is 1.33. The van der Waals surface area contributed by atoms with Gasteiger partial charge in [0.15, 0.2) is 5.13 Å². The average molecular weight is 508 g/mol. The monoisotopic (exact) mass is 507 g/mol. The van der Waals surface area contributed by atoms with Gasteiger partial charge in [-0.15, -0.1) is 11.3 Å². The van der Waals surface area contributed by atoms with Gasteiger partial charge in [-0.3, -0.25) is 14.4 Å². The third kappa shape index (κ3) is 5.50. The summed E-state index contributed by atoms with van der Waals surface area (Å²) in [6.45, 7) is 7.23. The number of nitrogens with zero attached hydrogens (tertiary/aromatic N) is 4. The number of thiazole rings is 1. The van der Waals surface area contributed by atoms with Crippen molar-refractivity contribution < 1.29 is 22.7 Å². The fraction of sp³-hybridized carbons (Fsp3) is 0.500. The largest absolute Gasteiger partial charge is 0.449 e. The maximum atomic E-state index is 13.1. The molecule has 1 aromatic heterocycles. The molecule has 2 aliphatic heterocycles. The number of sulfonamides is 1. The first-order chi connectivity index (χ1) is 16.2. The van der Waals surface area contributed by atoms with Crippen LogP contribution in [-0.4, -0.2) is 80.6 Å². The third-order valence-electron chi connectivity index (χ3n) is 5.84. The number of ether oxygens (including phenoxy) is 1. The van der Waals surface area contributed by atoms with E-state index in [1.54, 1.807) is 27.3 Å². The van der Waals surface area contributed by atoms with E-state index >= 15 is 0 Å². The molecule has 0 saturated carbocycles. The van der Waals surface area contributed by atoms with Gasteiger partial charge >= 0.3 is 6.09 Å². The molecule has 1 N–H and O–H groups in total. The van der Waals surface area contributed by atoms with Gasteiger partial charge in [-0.2, -0.15) is 0 Å². The lowest BCUT2D eigenvalue weighted by Gasteiger charge is -2.36. The van der Waals surface area contributed by atoms with Crippen molar-refractivity contribution in [2.24, 2.45) is 5.92 Å². The minimum atomic E-state index is -3.74. The predicted molar refractivity (Wildman–Crippen MR) is 129 cm³/mol. The zero-order valence-corrected chi connectivity index (χ0v) is 20.8. The van der Waals surface area contributed by atoms with E-state index in [1.807, 2.05) is 13.8 Å². The molecule has 2 fully saturated rings. The highest BCUT2D eigenvalue weighted by Gasteiger charge is 2.38. The smallest absolute Gasteiger partial charge is 0.409 e. The number of nitrogens with one attached hydrogen (secondary N) is 1. The maximum Gasteiger partial charge on any atom is 0.409 e. The van der Waals surface area contributed by atoms with E-state index in [9.17, 15) is 18.0 Å². The van der Waals surface area contributed by atoms with Crippen molar-refractivity contribution in [3.8, 4) is 0 Å². The first-order valence-corrected chi connectivity index (χ1v) is 13.6. The second kappa shape index (κ2) is 10.3. The fourth-order valence-electron chi connectivity index (χ4n) is 4.06. The van der Waals surface area contributed by atoms with Crippen LogP contribution >= 0.6 is 11.3 Å². The summed E-state index contributed by atoms with van der Waals surface area (Å²) >= 11 is 1.20. The van der Waals surface area contributed by atoms with Crippen molar-refractivity contribution in [2.75, 3.05) is 49.0 Å². The van der Waals surface area contributed by atoms with E-state index in [0.29, 0.717) is 56.6 Å². The first kappa shape index (κ1) is 24.4. The number of benzene rings is 1. The predicted octanol–water partition coefficient (Wildman–Crippen LogP) is 2.46. The fourth-order valence-corrected chi connectivity index (χ4v) is 5.85. The summed E-state index contributed by atoms with van der Waals surface area (Å²) in [7, 11) is -3.74. The molecule has 2 aliphatic rings. The van der Waals surface area contributed by atoms with Gasteiger partial charge in [-0.1, -0.05) is 13.8 Å². The normalized spacial score (nSPS) is 19.6. The number of amides is 2. The Hall–Kier alpha value is -2.70. The molecule has 2 amide bonds. The molecule has 184 valence electrons. The number of piperazine rings is 1.